The third kappa shape index (κ3) is 4.49. The summed E-state index contributed by atoms with van der Waals surface area (Å²) < 4.78 is 2.02. The molecular formula is C13H24N4O. The van der Waals surface area contributed by atoms with E-state index in [0.29, 0.717) is 6.54 Å². The highest BCUT2D eigenvalue weighted by molar-refractivity contribution is 5.81. The number of carbonyl (C=O) groups excluding carboxylic acids is 1. The largest absolute Gasteiger partial charge is 0.355 e. The van der Waals surface area contributed by atoms with Gasteiger partial charge in [-0.15, -0.1) is 0 Å². The van der Waals surface area contributed by atoms with E-state index in [1.54, 1.807) is 12.5 Å². The Labute approximate surface area is 109 Å². The molecule has 0 radical (unpaired) electrons. The number of nitrogens with zero attached hydrogens (tertiary/aromatic N) is 3. The summed E-state index contributed by atoms with van der Waals surface area (Å²) >= 11 is 0. The van der Waals surface area contributed by atoms with Crippen molar-refractivity contribution >= 4 is 5.91 Å². The van der Waals surface area contributed by atoms with E-state index in [-0.39, 0.29) is 11.9 Å². The Morgan fingerprint density at radius 2 is 2.28 bits per heavy atom. The molecule has 5 heteroatoms. The number of hydrogen-bond donors (Lipinski definition) is 1. The van der Waals surface area contributed by atoms with Gasteiger partial charge >= 0.3 is 0 Å². The van der Waals surface area contributed by atoms with Gasteiger partial charge in [0.2, 0.25) is 5.91 Å². The van der Waals surface area contributed by atoms with E-state index in [1.165, 1.54) is 0 Å². The minimum absolute atomic E-state index is 0.0109. The normalized spacial score (nSPS) is 12.7. The van der Waals surface area contributed by atoms with Crippen molar-refractivity contribution in [2.24, 2.45) is 0 Å². The van der Waals surface area contributed by atoms with Gasteiger partial charge in [-0.3, -0.25) is 9.69 Å². The van der Waals surface area contributed by atoms with Crippen LogP contribution in [-0.2, 0) is 11.3 Å². The Morgan fingerprint density at radius 3 is 2.83 bits per heavy atom. The third-order valence-electron chi connectivity index (χ3n) is 3.17. The van der Waals surface area contributed by atoms with Crippen molar-refractivity contribution in [1.29, 1.82) is 0 Å². The van der Waals surface area contributed by atoms with Crippen molar-refractivity contribution in [3.8, 4) is 0 Å². The summed E-state index contributed by atoms with van der Waals surface area (Å²) in [6, 6.07) is -0.0109. The predicted octanol–water partition coefficient (Wildman–Crippen LogP) is 1.12. The fraction of sp³-hybridized carbons (Fsp3) is 0.692. The quantitative estimate of drug-likeness (QED) is 0.705. The average Bonchev–Trinajstić information content (AvgIpc) is 2.88. The van der Waals surface area contributed by atoms with Gasteiger partial charge < -0.3 is 9.88 Å². The van der Waals surface area contributed by atoms with Crippen molar-refractivity contribution in [3.05, 3.63) is 18.7 Å². The van der Waals surface area contributed by atoms with Gasteiger partial charge in [0.15, 0.2) is 0 Å². The second kappa shape index (κ2) is 7.87. The molecule has 1 heterocycles. The molecule has 0 bridgehead atoms. The number of hydrogen-bond acceptors (Lipinski definition) is 3. The van der Waals surface area contributed by atoms with Crippen LogP contribution in [0.4, 0.5) is 0 Å². The number of imidazole rings is 1. The number of amides is 1. The maximum atomic E-state index is 12.0. The van der Waals surface area contributed by atoms with Gasteiger partial charge in [0.05, 0.1) is 12.4 Å². The summed E-state index contributed by atoms with van der Waals surface area (Å²) in [5, 5.41) is 3.00. The zero-order valence-corrected chi connectivity index (χ0v) is 11.6. The summed E-state index contributed by atoms with van der Waals surface area (Å²) in [6.45, 7) is 6.60. The van der Waals surface area contributed by atoms with Gasteiger partial charge in [-0.2, -0.15) is 0 Å². The molecule has 0 aliphatic carbocycles. The average molecular weight is 252 g/mol. The van der Waals surface area contributed by atoms with Crippen molar-refractivity contribution in [2.75, 3.05) is 20.1 Å². The molecule has 0 aliphatic rings. The third-order valence-corrected chi connectivity index (χ3v) is 3.17. The molecule has 0 aromatic carbocycles. The molecule has 0 saturated carbocycles. The van der Waals surface area contributed by atoms with Crippen LogP contribution >= 0.6 is 0 Å². The molecule has 1 rings (SSSR count). The molecule has 1 amide bonds. The topological polar surface area (TPSA) is 50.2 Å². The molecule has 102 valence electrons. The van der Waals surface area contributed by atoms with E-state index >= 15 is 0 Å². The molecule has 0 saturated heterocycles. The highest BCUT2D eigenvalue weighted by atomic mass is 16.2. The highest BCUT2D eigenvalue weighted by Gasteiger charge is 2.19. The van der Waals surface area contributed by atoms with E-state index in [4.69, 9.17) is 0 Å². The molecule has 18 heavy (non-hydrogen) atoms. The van der Waals surface area contributed by atoms with Crippen molar-refractivity contribution < 1.29 is 4.79 Å². The van der Waals surface area contributed by atoms with Crippen LogP contribution in [0.15, 0.2) is 18.7 Å². The molecule has 0 spiro atoms. The fourth-order valence-electron chi connectivity index (χ4n) is 1.93. The van der Waals surface area contributed by atoms with Gasteiger partial charge in [-0.05, 0) is 26.4 Å². The van der Waals surface area contributed by atoms with Crippen molar-refractivity contribution in [1.82, 2.24) is 19.8 Å². The first-order valence-electron chi connectivity index (χ1n) is 6.62. The standard InChI is InChI=1S/C13H24N4O/c1-4-12(16(3)5-2)13(18)15-7-6-9-17-10-8-14-11-17/h8,10-12H,4-7,9H2,1-3H3,(H,15,18). The summed E-state index contributed by atoms with van der Waals surface area (Å²) in [7, 11) is 1.99. The summed E-state index contributed by atoms with van der Waals surface area (Å²) in [5.74, 6) is 0.132. The van der Waals surface area contributed by atoms with Crippen LogP contribution in [0, 0.1) is 0 Å². The Morgan fingerprint density at radius 1 is 1.50 bits per heavy atom. The molecule has 0 aliphatic heterocycles. The van der Waals surface area contributed by atoms with Crippen molar-refractivity contribution in [3.63, 3.8) is 0 Å². The van der Waals surface area contributed by atoms with Gasteiger partial charge in [0, 0.05) is 25.5 Å². The predicted molar refractivity (Wildman–Crippen MR) is 72.2 cm³/mol. The van der Waals surface area contributed by atoms with Crippen molar-refractivity contribution in [2.45, 2.75) is 39.3 Å². The summed E-state index contributed by atoms with van der Waals surface area (Å²) in [6.07, 6.45) is 7.26. The SMILES string of the molecule is CCC(C(=O)NCCCn1ccnc1)N(C)CC. The van der Waals surface area contributed by atoms with E-state index in [2.05, 4.69) is 22.1 Å². The Kier molecular flexibility index (Phi) is 6.43. The number of likely N-dealkylation sites (N-methyl/N-ethyl adjacent to an activating group) is 1. The number of aromatic nitrogens is 2. The van der Waals surface area contributed by atoms with Gasteiger partial charge in [0.25, 0.3) is 0 Å². The molecule has 1 aromatic rings. The zero-order valence-electron chi connectivity index (χ0n) is 11.6. The minimum Gasteiger partial charge on any atom is -0.355 e. The van der Waals surface area contributed by atoms with Crippen LogP contribution in [0.5, 0.6) is 0 Å². The zero-order chi connectivity index (χ0) is 13.4. The van der Waals surface area contributed by atoms with Crippen LogP contribution in [0.3, 0.4) is 0 Å². The van der Waals surface area contributed by atoms with E-state index < -0.39 is 0 Å². The van der Waals surface area contributed by atoms with E-state index in [1.807, 2.05) is 24.7 Å². The molecule has 1 unspecified atom stereocenters. The minimum atomic E-state index is -0.0109. The van der Waals surface area contributed by atoms with Gasteiger partial charge in [0.1, 0.15) is 0 Å². The lowest BCUT2D eigenvalue weighted by Gasteiger charge is -2.24. The summed E-state index contributed by atoms with van der Waals surface area (Å²) in [4.78, 5) is 18.0. The molecule has 5 nitrogen and oxygen atoms in total. The number of nitrogens with one attached hydrogen (secondary N) is 1. The van der Waals surface area contributed by atoms with E-state index in [0.717, 1.165) is 25.9 Å². The fourth-order valence-corrected chi connectivity index (χ4v) is 1.93. The lowest BCUT2D eigenvalue weighted by molar-refractivity contribution is -0.126. The van der Waals surface area contributed by atoms with Crippen LogP contribution in [-0.4, -0.2) is 46.5 Å². The van der Waals surface area contributed by atoms with Crippen LogP contribution in [0.2, 0.25) is 0 Å². The number of aryl methyl sites for hydroxylation is 1. The maximum Gasteiger partial charge on any atom is 0.237 e. The monoisotopic (exact) mass is 252 g/mol. The number of rotatable bonds is 8. The van der Waals surface area contributed by atoms with Crippen LogP contribution in [0.1, 0.15) is 26.7 Å². The summed E-state index contributed by atoms with van der Waals surface area (Å²) in [5.41, 5.74) is 0. The van der Waals surface area contributed by atoms with E-state index in [9.17, 15) is 4.79 Å². The van der Waals surface area contributed by atoms with Gasteiger partial charge in [-0.25, -0.2) is 4.98 Å². The molecule has 1 atom stereocenters. The first-order valence-corrected chi connectivity index (χ1v) is 6.62. The van der Waals surface area contributed by atoms with Gasteiger partial charge in [-0.1, -0.05) is 13.8 Å². The Hall–Kier alpha value is -1.36. The van der Waals surface area contributed by atoms with Crippen LogP contribution in [0.25, 0.3) is 0 Å². The highest BCUT2D eigenvalue weighted by Crippen LogP contribution is 2.01. The second-order valence-corrected chi connectivity index (χ2v) is 4.44. The lowest BCUT2D eigenvalue weighted by atomic mass is 10.2. The lowest BCUT2D eigenvalue weighted by Crippen LogP contribution is -2.45. The number of carbonyl (C=O) groups is 1. The molecule has 1 aromatic heterocycles. The second-order valence-electron chi connectivity index (χ2n) is 4.44. The molecular weight excluding hydrogens is 228 g/mol. The smallest absolute Gasteiger partial charge is 0.237 e. The maximum absolute atomic E-state index is 12.0. The first kappa shape index (κ1) is 14.7. The molecule has 0 fully saturated rings. The molecule has 1 N–H and O–H groups in total. The Balaban J connectivity index is 2.23. The first-order chi connectivity index (χ1) is 8.69. The van der Waals surface area contributed by atoms with Crippen LogP contribution < -0.4 is 5.32 Å². The Bertz CT molecular complexity index is 337.